The molecule has 0 saturated heterocycles. The minimum absolute atomic E-state index is 0.0215. The minimum Gasteiger partial charge on any atom is -0.469 e. The largest absolute Gasteiger partial charge is 0.469 e. The molecule has 7 atom stereocenters. The highest BCUT2D eigenvalue weighted by molar-refractivity contribution is 5.77. The van der Waals surface area contributed by atoms with E-state index in [1.807, 2.05) is 0 Å². The van der Waals surface area contributed by atoms with Gasteiger partial charge in [0, 0.05) is 18.7 Å². The number of carbonyl (C=O) groups excluding carboxylic acids is 1. The molecular formula is C32H45N3O2. The average Bonchev–Trinajstić information content (AvgIpc) is 3.43. The van der Waals surface area contributed by atoms with Crippen LogP contribution in [0.1, 0.15) is 102 Å². The monoisotopic (exact) mass is 503 g/mol. The number of aryl methyl sites for hydroxylation is 2. The van der Waals surface area contributed by atoms with E-state index in [4.69, 9.17) is 9.84 Å². The first-order chi connectivity index (χ1) is 17.7. The summed E-state index contributed by atoms with van der Waals surface area (Å²) in [4.78, 5) is 13.0. The molecule has 1 heterocycles. The average molecular weight is 504 g/mol. The number of benzene rings is 1. The van der Waals surface area contributed by atoms with Crippen LogP contribution in [0.2, 0.25) is 0 Å². The number of hydrogen-bond donors (Lipinski definition) is 0. The molecular weight excluding hydrogens is 458 g/mol. The van der Waals surface area contributed by atoms with Crippen LogP contribution >= 0.6 is 0 Å². The number of esters is 1. The lowest BCUT2D eigenvalue weighted by atomic mass is 9.40. The van der Waals surface area contributed by atoms with Gasteiger partial charge in [-0.15, -0.1) is 5.10 Å². The lowest BCUT2D eigenvalue weighted by Crippen LogP contribution is -2.58. The summed E-state index contributed by atoms with van der Waals surface area (Å²) in [6, 6.07) is 10.7. The molecule has 0 amide bonds. The van der Waals surface area contributed by atoms with Crippen LogP contribution in [-0.2, 0) is 22.5 Å². The van der Waals surface area contributed by atoms with Crippen molar-refractivity contribution in [2.24, 2.45) is 33.5 Å². The van der Waals surface area contributed by atoms with Crippen molar-refractivity contribution < 1.29 is 9.53 Å². The molecule has 5 heteroatoms. The number of carbonyl (C=O) groups is 1. The molecule has 200 valence electrons. The Kier molecular flexibility index (Phi) is 6.08. The van der Waals surface area contributed by atoms with E-state index in [-0.39, 0.29) is 16.8 Å². The van der Waals surface area contributed by atoms with Crippen LogP contribution < -0.4 is 0 Å². The number of hydrogen-bond acceptors (Lipinski definition) is 4. The zero-order chi connectivity index (χ0) is 25.9. The summed E-state index contributed by atoms with van der Waals surface area (Å²) in [5.74, 6) is 1.65. The van der Waals surface area contributed by atoms with E-state index in [0.29, 0.717) is 28.6 Å². The first kappa shape index (κ1) is 25.1. The minimum atomic E-state index is -0.329. The molecule has 2 aromatic rings. The van der Waals surface area contributed by atoms with Crippen LogP contribution in [0.4, 0.5) is 0 Å². The summed E-state index contributed by atoms with van der Waals surface area (Å²) in [6.45, 7) is 8.21. The Morgan fingerprint density at radius 2 is 1.84 bits per heavy atom. The Labute approximate surface area is 222 Å². The van der Waals surface area contributed by atoms with Crippen LogP contribution in [0.15, 0.2) is 36.5 Å². The van der Waals surface area contributed by atoms with Crippen LogP contribution in [0, 0.1) is 33.5 Å². The molecule has 0 N–H and O–H groups in total. The topological polar surface area (TPSA) is 57.0 Å². The summed E-state index contributed by atoms with van der Waals surface area (Å²) in [6.07, 6.45) is 15.3. The van der Waals surface area contributed by atoms with E-state index in [9.17, 15) is 4.79 Å². The number of ether oxygens (including phenoxy) is 1. The van der Waals surface area contributed by atoms with Gasteiger partial charge in [-0.25, -0.2) is 0 Å². The van der Waals surface area contributed by atoms with E-state index < -0.39 is 0 Å². The third kappa shape index (κ3) is 3.89. The number of methoxy groups -OCH3 is 1. The number of fused-ring (bicyclic) bond motifs is 3. The van der Waals surface area contributed by atoms with Crippen molar-refractivity contribution in [3.8, 4) is 0 Å². The van der Waals surface area contributed by atoms with Gasteiger partial charge in [0.15, 0.2) is 0 Å². The predicted octanol–water partition coefficient (Wildman–Crippen LogP) is 6.97. The molecule has 1 aromatic carbocycles. The zero-order valence-corrected chi connectivity index (χ0v) is 23.3. The molecule has 4 aliphatic rings. The molecule has 0 radical (unpaired) electrons. The van der Waals surface area contributed by atoms with Crippen molar-refractivity contribution in [3.63, 3.8) is 0 Å². The molecule has 6 rings (SSSR count). The second kappa shape index (κ2) is 8.95. The molecule has 3 unspecified atom stereocenters. The molecule has 0 aliphatic heterocycles. The molecule has 4 aliphatic carbocycles. The SMILES string of the molecule is COC(=O)[C@]1(C)CCC[C@@]2(C)C3CC[C@@]4(C)C[C@]3(CCC21)CC4c1cn(CCCc2ccccc2)nn1. The molecule has 37 heavy (non-hydrogen) atoms. The lowest BCUT2D eigenvalue weighted by molar-refractivity contribution is -0.185. The van der Waals surface area contributed by atoms with Crippen LogP contribution in [-0.4, -0.2) is 28.1 Å². The highest BCUT2D eigenvalue weighted by Gasteiger charge is 2.68. The van der Waals surface area contributed by atoms with Gasteiger partial charge in [-0.3, -0.25) is 9.48 Å². The second-order valence-corrected chi connectivity index (χ2v) is 13.9. The third-order valence-electron chi connectivity index (χ3n) is 11.9. The van der Waals surface area contributed by atoms with Crippen molar-refractivity contribution in [3.05, 3.63) is 47.8 Å². The smallest absolute Gasteiger partial charge is 0.311 e. The van der Waals surface area contributed by atoms with Crippen molar-refractivity contribution in [1.82, 2.24) is 15.0 Å². The Morgan fingerprint density at radius 1 is 1.05 bits per heavy atom. The Hall–Kier alpha value is -2.17. The summed E-state index contributed by atoms with van der Waals surface area (Å²) >= 11 is 0. The Morgan fingerprint density at radius 3 is 2.62 bits per heavy atom. The third-order valence-corrected chi connectivity index (χ3v) is 11.9. The van der Waals surface area contributed by atoms with E-state index in [2.05, 4.69) is 67.2 Å². The van der Waals surface area contributed by atoms with Crippen molar-refractivity contribution in [1.29, 1.82) is 0 Å². The fourth-order valence-electron chi connectivity index (χ4n) is 10.4. The first-order valence-corrected chi connectivity index (χ1v) is 14.7. The fraction of sp³-hybridized carbons (Fsp3) is 0.719. The van der Waals surface area contributed by atoms with Crippen LogP contribution in [0.5, 0.6) is 0 Å². The molecule has 1 spiro atoms. The number of aromatic nitrogens is 3. The van der Waals surface area contributed by atoms with Gasteiger partial charge in [0.2, 0.25) is 0 Å². The maximum Gasteiger partial charge on any atom is 0.311 e. The van der Waals surface area contributed by atoms with Crippen molar-refractivity contribution in [2.45, 2.75) is 104 Å². The maximum atomic E-state index is 13.0. The van der Waals surface area contributed by atoms with Gasteiger partial charge in [0.05, 0.1) is 18.2 Å². The fourth-order valence-corrected chi connectivity index (χ4v) is 10.4. The predicted molar refractivity (Wildman–Crippen MR) is 145 cm³/mol. The van der Waals surface area contributed by atoms with Gasteiger partial charge in [0.25, 0.3) is 0 Å². The summed E-state index contributed by atoms with van der Waals surface area (Å²) in [7, 11) is 1.58. The van der Waals surface area contributed by atoms with Crippen molar-refractivity contribution in [2.75, 3.05) is 7.11 Å². The van der Waals surface area contributed by atoms with E-state index in [0.717, 1.165) is 38.6 Å². The van der Waals surface area contributed by atoms with Gasteiger partial charge in [-0.05, 0) is 105 Å². The summed E-state index contributed by atoms with van der Waals surface area (Å²) in [5.41, 5.74) is 3.20. The molecule has 5 nitrogen and oxygen atoms in total. The highest BCUT2D eigenvalue weighted by atomic mass is 16.5. The molecule has 2 bridgehead atoms. The van der Waals surface area contributed by atoms with Crippen molar-refractivity contribution >= 4 is 5.97 Å². The summed E-state index contributed by atoms with van der Waals surface area (Å²) in [5, 5.41) is 9.35. The Bertz CT molecular complexity index is 1150. The highest BCUT2D eigenvalue weighted by Crippen LogP contribution is 2.76. The number of nitrogens with zero attached hydrogens (tertiary/aromatic N) is 3. The van der Waals surface area contributed by atoms with E-state index in [1.165, 1.54) is 49.8 Å². The van der Waals surface area contributed by atoms with Gasteiger partial charge in [-0.2, -0.15) is 0 Å². The summed E-state index contributed by atoms with van der Waals surface area (Å²) < 4.78 is 7.46. The molecule has 4 fully saturated rings. The maximum absolute atomic E-state index is 13.0. The van der Waals surface area contributed by atoms with E-state index >= 15 is 0 Å². The van der Waals surface area contributed by atoms with Crippen LogP contribution in [0.25, 0.3) is 0 Å². The lowest BCUT2D eigenvalue weighted by Gasteiger charge is -2.64. The normalized spacial score (nSPS) is 40.6. The van der Waals surface area contributed by atoms with Crippen LogP contribution in [0.3, 0.4) is 0 Å². The number of rotatable bonds is 6. The Balaban J connectivity index is 1.20. The van der Waals surface area contributed by atoms with E-state index in [1.54, 1.807) is 7.11 Å². The van der Waals surface area contributed by atoms with Gasteiger partial charge in [-0.1, -0.05) is 55.8 Å². The van der Waals surface area contributed by atoms with Gasteiger partial charge in [0.1, 0.15) is 0 Å². The second-order valence-electron chi connectivity index (χ2n) is 13.9. The quantitative estimate of drug-likeness (QED) is 0.399. The molecule has 4 saturated carbocycles. The zero-order valence-electron chi connectivity index (χ0n) is 23.3. The van der Waals surface area contributed by atoms with Gasteiger partial charge >= 0.3 is 5.97 Å². The standard InChI is InChI=1S/C32H45N3O2/c1-29-17-13-27-30(2)15-9-16-31(3,28(36)37-4)26(30)14-18-32(27,22-29)20-24(29)25-21-35(34-33-25)19-8-12-23-10-6-5-7-11-23/h5-7,10-11,21,24,26-27H,8-9,12-20,22H2,1-4H3/t24?,26?,27?,29-,30+,31+,32-/m0/s1. The first-order valence-electron chi connectivity index (χ1n) is 14.7. The van der Waals surface area contributed by atoms with Gasteiger partial charge < -0.3 is 4.74 Å². The molecule has 1 aromatic heterocycles.